The zero-order chi connectivity index (χ0) is 20.2. The fraction of sp³-hybridized carbons (Fsp3) is 0.261. The molecule has 0 spiro atoms. The molecule has 2 heterocycles. The molecule has 148 valence electrons. The molecule has 1 aromatic heterocycles. The van der Waals surface area contributed by atoms with E-state index in [1.807, 2.05) is 67.6 Å². The van der Waals surface area contributed by atoms with Gasteiger partial charge in [0, 0.05) is 34.7 Å². The zero-order valence-electron chi connectivity index (χ0n) is 16.3. The van der Waals surface area contributed by atoms with Crippen molar-refractivity contribution in [1.82, 2.24) is 10.2 Å². The maximum atomic E-state index is 12.6. The van der Waals surface area contributed by atoms with Gasteiger partial charge >= 0.3 is 0 Å². The molecule has 2 aromatic carbocycles. The lowest BCUT2D eigenvalue weighted by Gasteiger charge is -2.31. The summed E-state index contributed by atoms with van der Waals surface area (Å²) in [6.45, 7) is 3.62. The minimum atomic E-state index is 0.0201. The van der Waals surface area contributed by atoms with Crippen LogP contribution in [0.15, 0.2) is 65.1 Å². The fourth-order valence-electron chi connectivity index (χ4n) is 3.59. The molecule has 29 heavy (non-hydrogen) atoms. The van der Waals surface area contributed by atoms with Crippen molar-refractivity contribution >= 4 is 33.3 Å². The summed E-state index contributed by atoms with van der Waals surface area (Å²) in [5, 5.41) is 11.8. The monoisotopic (exact) mass is 450 g/mol. The quantitative estimate of drug-likeness (QED) is 0.602. The molecule has 1 aliphatic rings. The minimum absolute atomic E-state index is 0.0201. The lowest BCUT2D eigenvalue weighted by molar-refractivity contribution is -0.120. The average Bonchev–Trinajstić information content (AvgIpc) is 2.77. The number of piperidine rings is 1. The van der Waals surface area contributed by atoms with Crippen molar-refractivity contribution in [3.63, 3.8) is 0 Å². The van der Waals surface area contributed by atoms with Crippen molar-refractivity contribution in [2.45, 2.75) is 19.8 Å². The molecular formula is C23H23BrN4O. The van der Waals surface area contributed by atoms with Gasteiger partial charge < -0.3 is 10.2 Å². The summed E-state index contributed by atoms with van der Waals surface area (Å²) in [6.07, 6.45) is 1.62. The number of aromatic nitrogens is 2. The lowest BCUT2D eigenvalue weighted by atomic mass is 9.95. The molecule has 1 aliphatic heterocycles. The molecule has 1 amide bonds. The molecule has 0 atom stereocenters. The predicted molar refractivity (Wildman–Crippen MR) is 120 cm³/mol. The van der Waals surface area contributed by atoms with Crippen molar-refractivity contribution in [2.24, 2.45) is 5.92 Å². The summed E-state index contributed by atoms with van der Waals surface area (Å²) in [4.78, 5) is 14.8. The van der Waals surface area contributed by atoms with Gasteiger partial charge in [-0.15, -0.1) is 10.2 Å². The van der Waals surface area contributed by atoms with Crippen molar-refractivity contribution in [1.29, 1.82) is 0 Å². The second-order valence-corrected chi connectivity index (χ2v) is 8.21. The molecule has 0 unspecified atom stereocenters. The second kappa shape index (κ2) is 8.74. The van der Waals surface area contributed by atoms with Crippen LogP contribution in [0, 0.1) is 12.8 Å². The van der Waals surface area contributed by atoms with E-state index in [-0.39, 0.29) is 11.8 Å². The zero-order valence-corrected chi connectivity index (χ0v) is 17.9. The first kappa shape index (κ1) is 19.6. The summed E-state index contributed by atoms with van der Waals surface area (Å²) in [7, 11) is 0. The van der Waals surface area contributed by atoms with E-state index in [0.717, 1.165) is 58.7 Å². The Morgan fingerprint density at radius 3 is 2.45 bits per heavy atom. The topological polar surface area (TPSA) is 58.1 Å². The third kappa shape index (κ3) is 4.65. The molecule has 1 N–H and O–H groups in total. The molecule has 0 aliphatic carbocycles. The number of nitrogens with one attached hydrogen (secondary N) is 1. The summed E-state index contributed by atoms with van der Waals surface area (Å²) < 4.78 is 1.04. The van der Waals surface area contributed by atoms with Crippen LogP contribution >= 0.6 is 15.9 Å². The highest BCUT2D eigenvalue weighted by Gasteiger charge is 2.26. The Bertz CT molecular complexity index is 984. The van der Waals surface area contributed by atoms with Crippen LogP contribution in [0.3, 0.4) is 0 Å². The Kier molecular flexibility index (Phi) is 5.90. The van der Waals surface area contributed by atoms with Gasteiger partial charge in [0.1, 0.15) is 0 Å². The van der Waals surface area contributed by atoms with Gasteiger partial charge in [0.2, 0.25) is 5.91 Å². The SMILES string of the molecule is Cc1cc(NC(=O)C2CCN(c3ccc(-c4ccccc4)nn3)CC2)ccc1Br. The van der Waals surface area contributed by atoms with E-state index in [0.29, 0.717) is 0 Å². The van der Waals surface area contributed by atoms with E-state index < -0.39 is 0 Å². The third-order valence-corrected chi connectivity index (χ3v) is 6.22. The number of carbonyl (C=O) groups excluding carboxylic acids is 1. The highest BCUT2D eigenvalue weighted by atomic mass is 79.9. The maximum absolute atomic E-state index is 12.6. The molecule has 1 saturated heterocycles. The number of halogens is 1. The molecule has 6 heteroatoms. The Hall–Kier alpha value is -2.73. The van der Waals surface area contributed by atoms with Gasteiger partial charge in [0.15, 0.2) is 5.82 Å². The lowest BCUT2D eigenvalue weighted by Crippen LogP contribution is -2.38. The van der Waals surface area contributed by atoms with Gasteiger partial charge in [-0.05, 0) is 55.7 Å². The Balaban J connectivity index is 1.34. The highest BCUT2D eigenvalue weighted by molar-refractivity contribution is 9.10. The summed E-state index contributed by atoms with van der Waals surface area (Å²) >= 11 is 3.49. The number of benzene rings is 2. The van der Waals surface area contributed by atoms with Crippen LogP contribution in [0.25, 0.3) is 11.3 Å². The summed E-state index contributed by atoms with van der Waals surface area (Å²) in [5.41, 5.74) is 3.88. The second-order valence-electron chi connectivity index (χ2n) is 7.36. The highest BCUT2D eigenvalue weighted by Crippen LogP contribution is 2.25. The number of anilines is 2. The molecule has 1 fully saturated rings. The number of amides is 1. The largest absolute Gasteiger partial charge is 0.355 e. The third-order valence-electron chi connectivity index (χ3n) is 5.34. The van der Waals surface area contributed by atoms with E-state index in [1.165, 1.54) is 0 Å². The van der Waals surface area contributed by atoms with Gasteiger partial charge in [-0.25, -0.2) is 0 Å². The minimum Gasteiger partial charge on any atom is -0.355 e. The van der Waals surface area contributed by atoms with Crippen molar-refractivity contribution < 1.29 is 4.79 Å². The number of carbonyl (C=O) groups is 1. The van der Waals surface area contributed by atoms with Crippen LogP contribution in [-0.2, 0) is 4.79 Å². The average molecular weight is 451 g/mol. The van der Waals surface area contributed by atoms with Gasteiger partial charge in [-0.1, -0.05) is 46.3 Å². The number of rotatable bonds is 4. The number of nitrogens with zero attached hydrogens (tertiary/aromatic N) is 3. The van der Waals surface area contributed by atoms with E-state index in [1.54, 1.807) is 0 Å². The fourth-order valence-corrected chi connectivity index (χ4v) is 3.84. The molecule has 4 rings (SSSR count). The molecular weight excluding hydrogens is 428 g/mol. The molecule has 0 saturated carbocycles. The van der Waals surface area contributed by atoms with Crippen molar-refractivity contribution in [3.05, 3.63) is 70.7 Å². The predicted octanol–water partition coefficient (Wildman–Crippen LogP) is 5.07. The van der Waals surface area contributed by atoms with E-state index in [9.17, 15) is 4.79 Å². The molecule has 5 nitrogen and oxygen atoms in total. The number of hydrogen-bond acceptors (Lipinski definition) is 4. The first-order valence-electron chi connectivity index (χ1n) is 9.81. The summed E-state index contributed by atoms with van der Waals surface area (Å²) in [5.74, 6) is 0.982. The van der Waals surface area contributed by atoms with Crippen LogP contribution in [0.4, 0.5) is 11.5 Å². The first-order valence-corrected chi connectivity index (χ1v) is 10.6. The smallest absolute Gasteiger partial charge is 0.227 e. The van der Waals surface area contributed by atoms with Crippen LogP contribution < -0.4 is 10.2 Å². The van der Waals surface area contributed by atoms with Crippen LogP contribution in [0.1, 0.15) is 18.4 Å². The van der Waals surface area contributed by atoms with Crippen LogP contribution in [0.5, 0.6) is 0 Å². The standard InChI is InChI=1S/C23H23BrN4O/c1-16-15-19(7-8-20(16)24)25-23(29)18-11-13-28(14-12-18)22-10-9-21(26-27-22)17-5-3-2-4-6-17/h2-10,15,18H,11-14H2,1H3,(H,25,29). The Labute approximate surface area is 179 Å². The Morgan fingerprint density at radius 2 is 1.79 bits per heavy atom. The van der Waals surface area contributed by atoms with Gasteiger partial charge in [0.25, 0.3) is 0 Å². The van der Waals surface area contributed by atoms with Gasteiger partial charge in [0.05, 0.1) is 5.69 Å². The molecule has 0 radical (unpaired) electrons. The van der Waals surface area contributed by atoms with E-state index in [4.69, 9.17) is 0 Å². The Morgan fingerprint density at radius 1 is 1.03 bits per heavy atom. The first-order chi connectivity index (χ1) is 14.1. The number of aryl methyl sites for hydroxylation is 1. The van der Waals surface area contributed by atoms with E-state index in [2.05, 4.69) is 36.3 Å². The molecule has 3 aromatic rings. The van der Waals surface area contributed by atoms with Crippen molar-refractivity contribution in [3.8, 4) is 11.3 Å². The normalized spacial score (nSPS) is 14.6. The van der Waals surface area contributed by atoms with Gasteiger partial charge in [-0.2, -0.15) is 0 Å². The van der Waals surface area contributed by atoms with Crippen LogP contribution in [0.2, 0.25) is 0 Å². The van der Waals surface area contributed by atoms with Gasteiger partial charge in [-0.3, -0.25) is 4.79 Å². The van der Waals surface area contributed by atoms with E-state index >= 15 is 0 Å². The number of hydrogen-bond donors (Lipinski definition) is 1. The molecule has 0 bridgehead atoms. The van der Waals surface area contributed by atoms with Crippen molar-refractivity contribution in [2.75, 3.05) is 23.3 Å². The summed E-state index contributed by atoms with van der Waals surface area (Å²) in [6, 6.07) is 19.9. The maximum Gasteiger partial charge on any atom is 0.227 e. The van der Waals surface area contributed by atoms with Crippen LogP contribution in [-0.4, -0.2) is 29.2 Å².